The molecular weight excluding hydrogens is 390 g/mol. The molecule has 0 bridgehead atoms. The number of hydrogen-bond donors (Lipinski definition) is 2. The molecule has 0 unspecified atom stereocenters. The largest absolute Gasteiger partial charge is 0.492 e. The van der Waals surface area contributed by atoms with Crippen molar-refractivity contribution in [3.05, 3.63) is 36.0 Å². The molecule has 10 nitrogen and oxygen atoms in total. The lowest BCUT2D eigenvalue weighted by Crippen LogP contribution is -2.52. The number of amides is 2. The zero-order valence-electron chi connectivity index (χ0n) is 17.4. The molecule has 1 aromatic heterocycles. The Morgan fingerprint density at radius 3 is 2.60 bits per heavy atom. The number of hydrogen-bond acceptors (Lipinski definition) is 7. The third-order valence-electron chi connectivity index (χ3n) is 4.51. The van der Waals surface area contributed by atoms with Crippen LogP contribution >= 0.6 is 0 Å². The number of carbonyl (C=O) groups excluding carboxylic acids is 1. The summed E-state index contributed by atoms with van der Waals surface area (Å²) in [6.07, 6.45) is 1.28. The van der Waals surface area contributed by atoms with Gasteiger partial charge in [0.15, 0.2) is 5.82 Å². The second kappa shape index (κ2) is 12.3. The van der Waals surface area contributed by atoms with Gasteiger partial charge >= 0.3 is 6.03 Å². The number of carbonyl (C=O) groups is 2. The zero-order chi connectivity index (χ0) is 21.8. The number of aromatic nitrogens is 2. The molecule has 0 aliphatic carbocycles. The van der Waals surface area contributed by atoms with E-state index >= 15 is 0 Å². The normalized spacial score (nSPS) is 13.3. The van der Waals surface area contributed by atoms with Crippen molar-refractivity contribution < 1.29 is 24.0 Å². The molecular formula is C20H29N5O5. The van der Waals surface area contributed by atoms with Crippen LogP contribution in [0.1, 0.15) is 25.6 Å². The first kappa shape index (κ1) is 23.0. The Morgan fingerprint density at radius 2 is 1.97 bits per heavy atom. The lowest BCUT2D eigenvalue weighted by atomic mass is 10.2. The number of nitrogens with zero attached hydrogens (tertiary/aromatic N) is 4. The van der Waals surface area contributed by atoms with Gasteiger partial charge in [-0.25, -0.2) is 4.79 Å². The molecule has 1 aliphatic heterocycles. The van der Waals surface area contributed by atoms with Crippen molar-refractivity contribution in [1.82, 2.24) is 20.4 Å². The van der Waals surface area contributed by atoms with Gasteiger partial charge in [0, 0.05) is 45.6 Å². The highest BCUT2D eigenvalue weighted by Gasteiger charge is 2.22. The van der Waals surface area contributed by atoms with Gasteiger partial charge in [-0.1, -0.05) is 24.2 Å². The van der Waals surface area contributed by atoms with Crippen LogP contribution in [0.15, 0.2) is 28.8 Å². The van der Waals surface area contributed by atoms with E-state index in [1.165, 1.54) is 0 Å². The van der Waals surface area contributed by atoms with Gasteiger partial charge in [-0.3, -0.25) is 4.79 Å². The van der Waals surface area contributed by atoms with Gasteiger partial charge in [-0.15, -0.1) is 0 Å². The number of aryl methyl sites for hydroxylation is 1. The molecule has 0 atom stereocenters. The lowest BCUT2D eigenvalue weighted by Gasteiger charge is -2.36. The van der Waals surface area contributed by atoms with Crippen molar-refractivity contribution in [2.75, 3.05) is 44.2 Å². The topological polar surface area (TPSA) is 121 Å². The van der Waals surface area contributed by atoms with E-state index < -0.39 is 0 Å². The van der Waals surface area contributed by atoms with Gasteiger partial charge in [-0.2, -0.15) is 4.98 Å². The number of para-hydroxylation sites is 2. The van der Waals surface area contributed by atoms with E-state index in [0.29, 0.717) is 44.4 Å². The fourth-order valence-electron chi connectivity index (χ4n) is 3.07. The minimum atomic E-state index is -0.250. The van der Waals surface area contributed by atoms with Gasteiger partial charge in [0.25, 0.3) is 6.47 Å². The standard InChI is InChI=1S/C19H27N5O3.CH2O2/c1-3-18-21-17(22-27-18)9-10-20-19(25)24-13-11-23(12-14-24)15-7-5-6-8-16(15)26-4-2;2-1-3/h5-8H,3-4,9-14H2,1-2H3,(H,20,25);1H,(H,2,3). The van der Waals surface area contributed by atoms with E-state index in [0.717, 1.165) is 30.9 Å². The number of anilines is 1. The van der Waals surface area contributed by atoms with Crippen LogP contribution in [0.4, 0.5) is 10.5 Å². The number of rotatable bonds is 7. The SMILES string of the molecule is CCOc1ccccc1N1CCN(C(=O)NCCc2noc(CC)n2)CC1.O=CO. The predicted octanol–water partition coefficient (Wildman–Crippen LogP) is 1.81. The second-order valence-corrected chi connectivity index (χ2v) is 6.42. The van der Waals surface area contributed by atoms with Gasteiger partial charge in [-0.05, 0) is 19.1 Å². The third-order valence-corrected chi connectivity index (χ3v) is 4.51. The summed E-state index contributed by atoms with van der Waals surface area (Å²) in [6.45, 7) is 7.74. The van der Waals surface area contributed by atoms with Crippen LogP contribution in [0.3, 0.4) is 0 Å². The molecule has 10 heteroatoms. The molecule has 2 amide bonds. The second-order valence-electron chi connectivity index (χ2n) is 6.42. The number of urea groups is 1. The molecule has 1 aromatic carbocycles. The molecule has 1 fully saturated rings. The molecule has 164 valence electrons. The molecule has 2 N–H and O–H groups in total. The highest BCUT2D eigenvalue weighted by molar-refractivity contribution is 5.74. The van der Waals surface area contributed by atoms with E-state index in [1.54, 1.807) is 0 Å². The Labute approximate surface area is 175 Å². The zero-order valence-corrected chi connectivity index (χ0v) is 17.4. The number of nitrogens with one attached hydrogen (secondary N) is 1. The van der Waals surface area contributed by atoms with Crippen LogP contribution in [0, 0.1) is 0 Å². The molecule has 1 aliphatic rings. The van der Waals surface area contributed by atoms with Crippen molar-refractivity contribution in [3.8, 4) is 5.75 Å². The minimum absolute atomic E-state index is 0.0491. The van der Waals surface area contributed by atoms with Crippen LogP contribution in [-0.2, 0) is 17.6 Å². The Kier molecular flexibility index (Phi) is 9.43. The van der Waals surface area contributed by atoms with Crippen LogP contribution in [0.5, 0.6) is 5.75 Å². The van der Waals surface area contributed by atoms with Crippen molar-refractivity contribution >= 4 is 18.2 Å². The monoisotopic (exact) mass is 419 g/mol. The van der Waals surface area contributed by atoms with Crippen molar-refractivity contribution in [2.45, 2.75) is 26.7 Å². The van der Waals surface area contributed by atoms with Crippen LogP contribution in [0.2, 0.25) is 0 Å². The van der Waals surface area contributed by atoms with Gasteiger partial charge in [0.1, 0.15) is 5.75 Å². The fourth-order valence-corrected chi connectivity index (χ4v) is 3.07. The summed E-state index contributed by atoms with van der Waals surface area (Å²) < 4.78 is 10.8. The van der Waals surface area contributed by atoms with Crippen molar-refractivity contribution in [3.63, 3.8) is 0 Å². The molecule has 30 heavy (non-hydrogen) atoms. The smallest absolute Gasteiger partial charge is 0.317 e. The summed E-state index contributed by atoms with van der Waals surface area (Å²) in [7, 11) is 0. The first-order valence-electron chi connectivity index (χ1n) is 10.0. The summed E-state index contributed by atoms with van der Waals surface area (Å²) in [5, 5.41) is 13.7. The summed E-state index contributed by atoms with van der Waals surface area (Å²) in [5.41, 5.74) is 1.09. The van der Waals surface area contributed by atoms with E-state index in [4.69, 9.17) is 19.2 Å². The third kappa shape index (κ3) is 6.64. The molecule has 2 aromatic rings. The highest BCUT2D eigenvalue weighted by Crippen LogP contribution is 2.28. The number of piperazine rings is 1. The molecule has 0 spiro atoms. The maximum atomic E-state index is 12.4. The Morgan fingerprint density at radius 1 is 1.27 bits per heavy atom. The molecule has 0 radical (unpaired) electrons. The van der Waals surface area contributed by atoms with E-state index in [-0.39, 0.29) is 12.5 Å². The molecule has 3 rings (SSSR count). The Hall–Kier alpha value is -3.30. The van der Waals surface area contributed by atoms with Crippen molar-refractivity contribution in [1.29, 1.82) is 0 Å². The number of ether oxygens (including phenoxy) is 1. The molecule has 2 heterocycles. The van der Waals surface area contributed by atoms with Gasteiger partial charge < -0.3 is 29.5 Å². The average Bonchev–Trinajstić information content (AvgIpc) is 3.23. The average molecular weight is 419 g/mol. The molecule has 0 saturated carbocycles. The van der Waals surface area contributed by atoms with E-state index in [9.17, 15) is 4.79 Å². The number of carboxylic acid groups (broad SMARTS) is 1. The quantitative estimate of drug-likeness (QED) is 0.652. The first-order chi connectivity index (χ1) is 14.6. The van der Waals surface area contributed by atoms with Crippen LogP contribution < -0.4 is 15.0 Å². The Balaban J connectivity index is 0.00000101. The van der Waals surface area contributed by atoms with Crippen molar-refractivity contribution in [2.24, 2.45) is 0 Å². The molecule has 1 saturated heterocycles. The fraction of sp³-hybridized carbons (Fsp3) is 0.500. The van der Waals surface area contributed by atoms with E-state index in [1.807, 2.05) is 36.9 Å². The van der Waals surface area contributed by atoms with E-state index in [2.05, 4.69) is 26.4 Å². The lowest BCUT2D eigenvalue weighted by molar-refractivity contribution is -0.122. The summed E-state index contributed by atoms with van der Waals surface area (Å²) >= 11 is 0. The summed E-state index contributed by atoms with van der Waals surface area (Å²) in [4.78, 5) is 29.1. The van der Waals surface area contributed by atoms with Gasteiger partial charge in [0.2, 0.25) is 5.89 Å². The minimum Gasteiger partial charge on any atom is -0.492 e. The Bertz CT molecular complexity index is 789. The van der Waals surface area contributed by atoms with Gasteiger partial charge in [0.05, 0.1) is 12.3 Å². The summed E-state index contributed by atoms with van der Waals surface area (Å²) in [6, 6.07) is 7.99. The maximum Gasteiger partial charge on any atom is 0.317 e. The highest BCUT2D eigenvalue weighted by atomic mass is 16.5. The maximum absolute atomic E-state index is 12.4. The number of benzene rings is 1. The van der Waals surface area contributed by atoms with Crippen LogP contribution in [-0.4, -0.2) is 72.0 Å². The predicted molar refractivity (Wildman–Crippen MR) is 111 cm³/mol. The summed E-state index contributed by atoms with van der Waals surface area (Å²) in [5.74, 6) is 2.15. The first-order valence-corrected chi connectivity index (χ1v) is 10.0. The van der Waals surface area contributed by atoms with Crippen LogP contribution in [0.25, 0.3) is 0 Å².